The van der Waals surface area contributed by atoms with Crippen molar-refractivity contribution in [3.8, 4) is 0 Å². The fourth-order valence-electron chi connectivity index (χ4n) is 4.44. The zero-order valence-electron chi connectivity index (χ0n) is 17.2. The standard InChI is InChI=1S/C20H25F3N6O2/c1-13-6-24-16(25-7-13)9-27-18(30)14-10-29(12-19(14)2-4-31-5-3-19)11-17-26-8-15(28-17)20(21,22)23/h6-8,14H,2-5,9-12H2,1H3,(H,26,28)(H,27,30). The number of alkyl halides is 3. The van der Waals surface area contributed by atoms with Crippen LogP contribution < -0.4 is 5.32 Å². The van der Waals surface area contributed by atoms with E-state index in [9.17, 15) is 18.0 Å². The lowest BCUT2D eigenvalue weighted by atomic mass is 9.72. The molecule has 2 saturated heterocycles. The number of likely N-dealkylation sites (tertiary alicyclic amines) is 1. The summed E-state index contributed by atoms with van der Waals surface area (Å²) in [7, 11) is 0. The summed E-state index contributed by atoms with van der Waals surface area (Å²) in [5.74, 6) is 0.386. The molecule has 168 valence electrons. The maximum atomic E-state index is 13.1. The third kappa shape index (κ3) is 4.87. The first kappa shape index (κ1) is 21.7. The molecular formula is C20H25F3N6O2. The number of ether oxygens (including phenoxy) is 1. The average molecular weight is 438 g/mol. The minimum atomic E-state index is -4.46. The first-order valence-corrected chi connectivity index (χ1v) is 10.2. The highest BCUT2D eigenvalue weighted by molar-refractivity contribution is 5.80. The van der Waals surface area contributed by atoms with E-state index >= 15 is 0 Å². The molecule has 2 aliphatic rings. The number of aromatic nitrogens is 4. The van der Waals surface area contributed by atoms with E-state index in [1.807, 2.05) is 11.8 Å². The lowest BCUT2D eigenvalue weighted by Crippen LogP contribution is -2.44. The van der Waals surface area contributed by atoms with Crippen molar-refractivity contribution in [3.05, 3.63) is 41.5 Å². The van der Waals surface area contributed by atoms with Crippen LogP contribution in [0.15, 0.2) is 18.6 Å². The number of aromatic amines is 1. The minimum absolute atomic E-state index is 0.0935. The number of carbonyl (C=O) groups is 1. The van der Waals surface area contributed by atoms with Gasteiger partial charge in [-0.05, 0) is 25.3 Å². The predicted molar refractivity (Wildman–Crippen MR) is 103 cm³/mol. The van der Waals surface area contributed by atoms with Crippen LogP contribution >= 0.6 is 0 Å². The number of rotatable bonds is 5. The maximum absolute atomic E-state index is 13.1. The molecule has 2 aromatic heterocycles. The van der Waals surface area contributed by atoms with Gasteiger partial charge in [0.2, 0.25) is 5.91 Å². The molecule has 2 aromatic rings. The van der Waals surface area contributed by atoms with Crippen LogP contribution in [0.25, 0.3) is 0 Å². The molecule has 1 amide bonds. The highest BCUT2D eigenvalue weighted by Gasteiger charge is 2.50. The predicted octanol–water partition coefficient (Wildman–Crippen LogP) is 2.07. The van der Waals surface area contributed by atoms with Crippen LogP contribution in [0.5, 0.6) is 0 Å². The Morgan fingerprint density at radius 2 is 1.97 bits per heavy atom. The SMILES string of the molecule is Cc1cnc(CNC(=O)C2CN(Cc3ncc(C(F)(F)F)[nH]3)CC23CCOCC3)nc1. The van der Waals surface area contributed by atoms with E-state index in [1.54, 1.807) is 12.4 Å². The summed E-state index contributed by atoms with van der Waals surface area (Å²) in [6.45, 7) is 4.54. The lowest BCUT2D eigenvalue weighted by molar-refractivity contribution is -0.141. The summed E-state index contributed by atoms with van der Waals surface area (Å²) >= 11 is 0. The molecule has 0 radical (unpaired) electrons. The first-order valence-electron chi connectivity index (χ1n) is 10.2. The van der Waals surface area contributed by atoms with Crippen LogP contribution in [0.1, 0.15) is 35.7 Å². The normalized spacial score (nSPS) is 21.5. The average Bonchev–Trinajstić information content (AvgIpc) is 3.33. The highest BCUT2D eigenvalue weighted by Crippen LogP contribution is 2.44. The van der Waals surface area contributed by atoms with Gasteiger partial charge in [-0.15, -0.1) is 0 Å². The quantitative estimate of drug-likeness (QED) is 0.742. The number of hydrogen-bond acceptors (Lipinski definition) is 6. The monoisotopic (exact) mass is 438 g/mol. The van der Waals surface area contributed by atoms with Gasteiger partial charge in [0.25, 0.3) is 0 Å². The molecule has 1 spiro atoms. The Morgan fingerprint density at radius 3 is 2.61 bits per heavy atom. The van der Waals surface area contributed by atoms with Gasteiger partial charge < -0.3 is 15.0 Å². The van der Waals surface area contributed by atoms with Crippen molar-refractivity contribution in [3.63, 3.8) is 0 Å². The Kier molecular flexibility index (Phi) is 5.98. The Hall–Kier alpha value is -2.53. The fourth-order valence-corrected chi connectivity index (χ4v) is 4.44. The number of carbonyl (C=O) groups excluding carboxylic acids is 1. The van der Waals surface area contributed by atoms with Crippen molar-refractivity contribution in [2.24, 2.45) is 11.3 Å². The van der Waals surface area contributed by atoms with Gasteiger partial charge in [-0.1, -0.05) is 0 Å². The zero-order chi connectivity index (χ0) is 22.1. The van der Waals surface area contributed by atoms with Crippen molar-refractivity contribution in [2.75, 3.05) is 26.3 Å². The third-order valence-corrected chi connectivity index (χ3v) is 6.09. The fraction of sp³-hybridized carbons (Fsp3) is 0.600. The number of aryl methyl sites for hydroxylation is 1. The summed E-state index contributed by atoms with van der Waals surface area (Å²) in [5.41, 5.74) is -0.195. The molecule has 11 heteroatoms. The van der Waals surface area contributed by atoms with Crippen molar-refractivity contribution in [2.45, 2.75) is 39.0 Å². The zero-order valence-corrected chi connectivity index (χ0v) is 17.2. The van der Waals surface area contributed by atoms with Gasteiger partial charge in [0.1, 0.15) is 17.3 Å². The second-order valence-corrected chi connectivity index (χ2v) is 8.33. The first-order chi connectivity index (χ1) is 14.7. The molecule has 2 N–H and O–H groups in total. The number of nitrogens with zero attached hydrogens (tertiary/aromatic N) is 4. The molecule has 1 unspecified atom stereocenters. The van der Waals surface area contributed by atoms with E-state index in [4.69, 9.17) is 4.74 Å². The maximum Gasteiger partial charge on any atom is 0.432 e. The number of nitrogens with one attached hydrogen (secondary N) is 2. The van der Waals surface area contributed by atoms with Crippen molar-refractivity contribution in [1.29, 1.82) is 0 Å². The largest absolute Gasteiger partial charge is 0.432 e. The molecule has 0 bridgehead atoms. The van der Waals surface area contributed by atoms with Crippen LogP contribution in [0.3, 0.4) is 0 Å². The van der Waals surface area contributed by atoms with E-state index in [0.29, 0.717) is 32.1 Å². The van der Waals surface area contributed by atoms with Crippen molar-refractivity contribution >= 4 is 5.91 Å². The molecule has 2 aliphatic heterocycles. The summed E-state index contributed by atoms with van der Waals surface area (Å²) in [6.07, 6.45) is 1.21. The highest BCUT2D eigenvalue weighted by atomic mass is 19.4. The van der Waals surface area contributed by atoms with Gasteiger partial charge >= 0.3 is 6.18 Å². The number of halogens is 3. The second-order valence-electron chi connectivity index (χ2n) is 8.33. The number of H-pyrrole nitrogens is 1. The van der Waals surface area contributed by atoms with Gasteiger partial charge in [0.05, 0.1) is 25.2 Å². The van der Waals surface area contributed by atoms with E-state index in [-0.39, 0.29) is 36.2 Å². The molecule has 4 rings (SSSR count). The van der Waals surface area contributed by atoms with Crippen LogP contribution in [-0.2, 0) is 28.8 Å². The van der Waals surface area contributed by atoms with Crippen LogP contribution in [0.2, 0.25) is 0 Å². The van der Waals surface area contributed by atoms with Crippen LogP contribution in [0, 0.1) is 18.3 Å². The molecule has 0 aromatic carbocycles. The molecule has 8 nitrogen and oxygen atoms in total. The Balaban J connectivity index is 1.44. The Labute approximate surface area is 177 Å². The Morgan fingerprint density at radius 1 is 1.26 bits per heavy atom. The molecule has 4 heterocycles. The summed E-state index contributed by atoms with van der Waals surface area (Å²) in [4.78, 5) is 29.7. The summed E-state index contributed by atoms with van der Waals surface area (Å²) in [6, 6.07) is 0. The van der Waals surface area contributed by atoms with Gasteiger partial charge in [0.15, 0.2) is 0 Å². The van der Waals surface area contributed by atoms with E-state index in [1.165, 1.54) is 0 Å². The molecule has 0 aliphatic carbocycles. The van der Waals surface area contributed by atoms with Gasteiger partial charge in [-0.3, -0.25) is 9.69 Å². The van der Waals surface area contributed by atoms with E-state index in [2.05, 4.69) is 25.3 Å². The molecule has 2 fully saturated rings. The Bertz CT molecular complexity index is 908. The lowest BCUT2D eigenvalue weighted by Gasteiger charge is -2.37. The van der Waals surface area contributed by atoms with E-state index in [0.717, 1.165) is 24.6 Å². The number of amides is 1. The smallest absolute Gasteiger partial charge is 0.381 e. The summed E-state index contributed by atoms with van der Waals surface area (Å²) < 4.78 is 44.1. The molecule has 0 saturated carbocycles. The van der Waals surface area contributed by atoms with Gasteiger partial charge in [-0.25, -0.2) is 15.0 Å². The van der Waals surface area contributed by atoms with Crippen LogP contribution in [0.4, 0.5) is 13.2 Å². The summed E-state index contributed by atoms with van der Waals surface area (Å²) in [5, 5.41) is 2.94. The van der Waals surface area contributed by atoms with Crippen molar-refractivity contribution < 1.29 is 22.7 Å². The van der Waals surface area contributed by atoms with Gasteiger partial charge in [0, 0.05) is 44.1 Å². The van der Waals surface area contributed by atoms with Crippen LogP contribution in [-0.4, -0.2) is 57.0 Å². The van der Waals surface area contributed by atoms with Crippen molar-refractivity contribution in [1.82, 2.24) is 30.2 Å². The van der Waals surface area contributed by atoms with Gasteiger partial charge in [-0.2, -0.15) is 13.2 Å². The third-order valence-electron chi connectivity index (χ3n) is 6.09. The second kappa shape index (κ2) is 8.54. The molecular weight excluding hydrogens is 413 g/mol. The minimum Gasteiger partial charge on any atom is -0.381 e. The topological polar surface area (TPSA) is 96.0 Å². The molecule has 31 heavy (non-hydrogen) atoms. The molecule has 1 atom stereocenters. The number of imidazole rings is 1. The van der Waals surface area contributed by atoms with E-state index < -0.39 is 11.9 Å². The number of hydrogen-bond donors (Lipinski definition) is 2.